The van der Waals surface area contributed by atoms with Crippen molar-refractivity contribution in [1.82, 2.24) is 0 Å². The summed E-state index contributed by atoms with van der Waals surface area (Å²) >= 11 is 5.95. The van der Waals surface area contributed by atoms with Crippen LogP contribution in [0.4, 0.5) is 18.9 Å². The first-order chi connectivity index (χ1) is 7.89. The third-order valence-corrected chi connectivity index (χ3v) is 2.66. The molecule has 96 valence electrons. The van der Waals surface area contributed by atoms with Gasteiger partial charge in [-0.3, -0.25) is 0 Å². The summed E-state index contributed by atoms with van der Waals surface area (Å²) in [5.74, 6) is 0. The van der Waals surface area contributed by atoms with E-state index in [1.807, 2.05) is 0 Å². The van der Waals surface area contributed by atoms with Gasteiger partial charge in [-0.15, -0.1) is 0 Å². The highest BCUT2D eigenvalue weighted by Gasteiger charge is 2.31. The standard InChI is InChI=1S/C11H14ClF3N2/c1-2-17(7-11(13,14)15)10-8(6-16)4-3-5-9(10)12/h3-5H,2,6-7,16H2,1H3. The number of nitrogens with two attached hydrogens (primary N) is 1. The number of hydrogen-bond donors (Lipinski definition) is 1. The number of alkyl halides is 3. The maximum absolute atomic E-state index is 12.4. The summed E-state index contributed by atoms with van der Waals surface area (Å²) in [6, 6.07) is 4.92. The van der Waals surface area contributed by atoms with Gasteiger partial charge in [0, 0.05) is 13.1 Å². The second kappa shape index (κ2) is 5.60. The molecule has 0 saturated heterocycles. The van der Waals surface area contributed by atoms with Gasteiger partial charge >= 0.3 is 6.18 Å². The van der Waals surface area contributed by atoms with Crippen LogP contribution in [0.2, 0.25) is 5.02 Å². The lowest BCUT2D eigenvalue weighted by atomic mass is 10.1. The second-order valence-electron chi connectivity index (χ2n) is 3.58. The summed E-state index contributed by atoms with van der Waals surface area (Å²) in [5.41, 5.74) is 6.50. The highest BCUT2D eigenvalue weighted by Crippen LogP contribution is 2.31. The number of hydrogen-bond acceptors (Lipinski definition) is 2. The van der Waals surface area contributed by atoms with E-state index in [9.17, 15) is 13.2 Å². The number of rotatable bonds is 4. The van der Waals surface area contributed by atoms with Crippen molar-refractivity contribution in [3.8, 4) is 0 Å². The molecule has 0 heterocycles. The minimum absolute atomic E-state index is 0.157. The van der Waals surface area contributed by atoms with E-state index in [-0.39, 0.29) is 13.1 Å². The molecule has 0 spiro atoms. The van der Waals surface area contributed by atoms with E-state index in [2.05, 4.69) is 0 Å². The van der Waals surface area contributed by atoms with Crippen molar-refractivity contribution in [3.63, 3.8) is 0 Å². The van der Waals surface area contributed by atoms with Crippen molar-refractivity contribution >= 4 is 17.3 Å². The van der Waals surface area contributed by atoms with Crippen LogP contribution in [0.25, 0.3) is 0 Å². The Kier molecular flexibility index (Phi) is 4.65. The molecular weight excluding hydrogens is 253 g/mol. The quantitative estimate of drug-likeness (QED) is 0.907. The first-order valence-electron chi connectivity index (χ1n) is 5.18. The maximum atomic E-state index is 12.4. The Morgan fingerprint density at radius 1 is 1.35 bits per heavy atom. The molecule has 1 aromatic carbocycles. The average molecular weight is 267 g/mol. The smallest absolute Gasteiger partial charge is 0.361 e. The van der Waals surface area contributed by atoms with Crippen molar-refractivity contribution in [3.05, 3.63) is 28.8 Å². The Bertz CT molecular complexity index is 379. The van der Waals surface area contributed by atoms with Gasteiger partial charge in [0.2, 0.25) is 0 Å². The molecule has 0 radical (unpaired) electrons. The summed E-state index contributed by atoms with van der Waals surface area (Å²) < 4.78 is 37.3. The average Bonchev–Trinajstić information content (AvgIpc) is 2.24. The topological polar surface area (TPSA) is 29.3 Å². The molecule has 1 rings (SSSR count). The van der Waals surface area contributed by atoms with Gasteiger partial charge in [-0.1, -0.05) is 23.7 Å². The SMILES string of the molecule is CCN(CC(F)(F)F)c1c(Cl)cccc1CN. The molecule has 0 aliphatic heterocycles. The van der Waals surface area contributed by atoms with Crippen LogP contribution in [-0.4, -0.2) is 19.3 Å². The lowest BCUT2D eigenvalue weighted by Crippen LogP contribution is -2.35. The van der Waals surface area contributed by atoms with Gasteiger partial charge in [-0.2, -0.15) is 13.2 Å². The summed E-state index contributed by atoms with van der Waals surface area (Å²) in [6.07, 6.45) is -4.26. The maximum Gasteiger partial charge on any atom is 0.405 e. The number of benzene rings is 1. The second-order valence-corrected chi connectivity index (χ2v) is 3.99. The Hall–Kier alpha value is -0.940. The van der Waals surface area contributed by atoms with Crippen LogP contribution in [0.5, 0.6) is 0 Å². The Balaban J connectivity index is 3.11. The predicted molar refractivity (Wildman–Crippen MR) is 63.3 cm³/mol. The van der Waals surface area contributed by atoms with E-state index >= 15 is 0 Å². The fourth-order valence-electron chi connectivity index (χ4n) is 1.64. The summed E-state index contributed by atoms with van der Waals surface area (Å²) in [6.45, 7) is 0.996. The van der Waals surface area contributed by atoms with Gasteiger partial charge in [0.25, 0.3) is 0 Å². The van der Waals surface area contributed by atoms with Crippen LogP contribution in [0.15, 0.2) is 18.2 Å². The molecule has 0 bridgehead atoms. The molecule has 0 saturated carbocycles. The molecule has 0 aliphatic carbocycles. The van der Waals surface area contributed by atoms with Crippen LogP contribution in [0.1, 0.15) is 12.5 Å². The largest absolute Gasteiger partial charge is 0.405 e. The summed E-state index contributed by atoms with van der Waals surface area (Å²) in [4.78, 5) is 1.19. The Morgan fingerprint density at radius 2 is 2.00 bits per heavy atom. The monoisotopic (exact) mass is 266 g/mol. The fourth-order valence-corrected chi connectivity index (χ4v) is 1.96. The van der Waals surface area contributed by atoms with E-state index in [4.69, 9.17) is 17.3 Å². The molecule has 2 N–H and O–H groups in total. The number of anilines is 1. The van der Waals surface area contributed by atoms with Crippen LogP contribution in [0.3, 0.4) is 0 Å². The number of para-hydroxylation sites is 1. The molecule has 1 aromatic rings. The molecule has 0 fully saturated rings. The lowest BCUT2D eigenvalue weighted by Gasteiger charge is -2.27. The number of nitrogens with zero attached hydrogens (tertiary/aromatic N) is 1. The molecule has 2 nitrogen and oxygen atoms in total. The van der Waals surface area contributed by atoms with Crippen molar-refractivity contribution in [2.24, 2.45) is 5.73 Å². The Labute approximate surface area is 103 Å². The van der Waals surface area contributed by atoms with E-state index in [1.54, 1.807) is 25.1 Å². The fraction of sp³-hybridized carbons (Fsp3) is 0.455. The van der Waals surface area contributed by atoms with Crippen LogP contribution in [0, 0.1) is 0 Å². The van der Waals surface area contributed by atoms with Crippen LogP contribution in [-0.2, 0) is 6.54 Å². The first-order valence-corrected chi connectivity index (χ1v) is 5.56. The third-order valence-electron chi connectivity index (χ3n) is 2.36. The molecule has 0 amide bonds. The molecular formula is C11H14ClF3N2. The lowest BCUT2D eigenvalue weighted by molar-refractivity contribution is -0.119. The van der Waals surface area contributed by atoms with Gasteiger partial charge in [0.1, 0.15) is 6.54 Å². The molecule has 0 atom stereocenters. The zero-order chi connectivity index (χ0) is 13.1. The van der Waals surface area contributed by atoms with Gasteiger partial charge in [0.15, 0.2) is 0 Å². The van der Waals surface area contributed by atoms with E-state index in [1.165, 1.54) is 4.90 Å². The van der Waals surface area contributed by atoms with E-state index < -0.39 is 12.7 Å². The highest BCUT2D eigenvalue weighted by atomic mass is 35.5. The minimum Gasteiger partial charge on any atom is -0.361 e. The molecule has 0 unspecified atom stereocenters. The predicted octanol–water partition coefficient (Wildman–Crippen LogP) is 3.19. The minimum atomic E-state index is -4.26. The van der Waals surface area contributed by atoms with Gasteiger partial charge in [-0.25, -0.2) is 0 Å². The van der Waals surface area contributed by atoms with E-state index in [0.717, 1.165) is 0 Å². The van der Waals surface area contributed by atoms with Gasteiger partial charge in [0.05, 0.1) is 10.7 Å². The number of halogens is 4. The zero-order valence-corrected chi connectivity index (χ0v) is 10.1. The highest BCUT2D eigenvalue weighted by molar-refractivity contribution is 6.33. The Morgan fingerprint density at radius 3 is 2.47 bits per heavy atom. The van der Waals surface area contributed by atoms with Crippen molar-refractivity contribution < 1.29 is 13.2 Å². The van der Waals surface area contributed by atoms with Crippen molar-refractivity contribution in [1.29, 1.82) is 0 Å². The van der Waals surface area contributed by atoms with Crippen LogP contribution < -0.4 is 10.6 Å². The first kappa shape index (κ1) is 14.1. The van der Waals surface area contributed by atoms with Crippen molar-refractivity contribution in [2.75, 3.05) is 18.0 Å². The van der Waals surface area contributed by atoms with Crippen LogP contribution >= 0.6 is 11.6 Å². The van der Waals surface area contributed by atoms with Crippen molar-refractivity contribution in [2.45, 2.75) is 19.6 Å². The molecule has 6 heteroatoms. The summed E-state index contributed by atoms with van der Waals surface area (Å²) in [5, 5.41) is 0.291. The molecule has 17 heavy (non-hydrogen) atoms. The zero-order valence-electron chi connectivity index (χ0n) is 9.39. The van der Waals surface area contributed by atoms with Gasteiger partial charge in [-0.05, 0) is 18.6 Å². The molecule has 0 aliphatic rings. The van der Waals surface area contributed by atoms with E-state index in [0.29, 0.717) is 16.3 Å². The summed E-state index contributed by atoms with van der Waals surface area (Å²) in [7, 11) is 0. The molecule has 0 aromatic heterocycles. The third kappa shape index (κ3) is 3.78. The van der Waals surface area contributed by atoms with Gasteiger partial charge < -0.3 is 10.6 Å². The normalized spacial score (nSPS) is 11.6.